The van der Waals surface area contributed by atoms with Gasteiger partial charge in [-0.1, -0.05) is 103 Å². The van der Waals surface area contributed by atoms with E-state index in [1.165, 1.54) is 50.1 Å². The normalized spacial score (nSPS) is 10.8. The van der Waals surface area contributed by atoms with E-state index >= 15 is 0 Å². The van der Waals surface area contributed by atoms with Crippen molar-refractivity contribution in [3.63, 3.8) is 0 Å². The Labute approximate surface area is 218 Å². The van der Waals surface area contributed by atoms with E-state index in [9.17, 15) is 0 Å². The molecule has 0 N–H and O–H groups in total. The van der Waals surface area contributed by atoms with Gasteiger partial charge >= 0.3 is 0 Å². The predicted octanol–water partition coefficient (Wildman–Crippen LogP) is 9.73. The Morgan fingerprint density at radius 3 is 1.27 bits per heavy atom. The van der Waals surface area contributed by atoms with Crippen LogP contribution in [0.25, 0.3) is 55.8 Å². The summed E-state index contributed by atoms with van der Waals surface area (Å²) in [6.07, 6.45) is 1.92. The lowest BCUT2D eigenvalue weighted by atomic mass is 9.92. The molecule has 0 saturated heterocycles. The molecule has 176 valence electrons. The Bertz CT molecular complexity index is 1590. The van der Waals surface area contributed by atoms with Gasteiger partial charge in [0.2, 0.25) is 0 Å². The quantitative estimate of drug-likeness (QED) is 0.243. The summed E-state index contributed by atoms with van der Waals surface area (Å²) in [5.41, 5.74) is 12.9. The number of pyridine rings is 1. The molecule has 5 aromatic carbocycles. The summed E-state index contributed by atoms with van der Waals surface area (Å²) in [5.74, 6) is 0. The van der Waals surface area contributed by atoms with Crippen LogP contribution in [0.5, 0.6) is 0 Å². The summed E-state index contributed by atoms with van der Waals surface area (Å²) in [7, 11) is 0. The maximum atomic E-state index is 4.63. The van der Waals surface area contributed by atoms with Crippen LogP contribution < -0.4 is 0 Å². The summed E-state index contributed by atoms with van der Waals surface area (Å²) < 4.78 is 0. The zero-order valence-electron chi connectivity index (χ0n) is 20.8. The Kier molecular flexibility index (Phi) is 6.19. The van der Waals surface area contributed by atoms with Crippen LogP contribution >= 0.6 is 0 Å². The Morgan fingerprint density at radius 2 is 0.757 bits per heavy atom. The highest BCUT2D eigenvalue weighted by Crippen LogP contribution is 2.35. The van der Waals surface area contributed by atoms with Crippen molar-refractivity contribution in [1.29, 1.82) is 0 Å². The highest BCUT2D eigenvalue weighted by atomic mass is 14.7. The molecule has 37 heavy (non-hydrogen) atoms. The van der Waals surface area contributed by atoms with Crippen LogP contribution in [0.3, 0.4) is 0 Å². The highest BCUT2D eigenvalue weighted by Gasteiger charge is 2.09. The first kappa shape index (κ1) is 22.7. The summed E-state index contributed by atoms with van der Waals surface area (Å²) >= 11 is 0. The van der Waals surface area contributed by atoms with Gasteiger partial charge in [0.25, 0.3) is 0 Å². The standard InChI is InChI=1S/C36H27N/c1-26-18-19-36(37-25-26)32-17-9-15-30(21-32)29-14-8-16-31(20-29)35-23-33(27-10-4-2-5-11-27)22-34(24-35)28-12-6-3-7-13-28/h2-25H,1H3. The zero-order chi connectivity index (χ0) is 25.0. The van der Waals surface area contributed by atoms with Crippen LogP contribution in [0.2, 0.25) is 0 Å². The second-order valence-electron chi connectivity index (χ2n) is 9.41. The number of hydrogen-bond acceptors (Lipinski definition) is 1. The van der Waals surface area contributed by atoms with Crippen LogP contribution in [0.15, 0.2) is 146 Å². The van der Waals surface area contributed by atoms with E-state index in [1.807, 2.05) is 6.20 Å². The van der Waals surface area contributed by atoms with E-state index in [2.05, 4.69) is 151 Å². The molecule has 6 aromatic rings. The lowest BCUT2D eigenvalue weighted by Gasteiger charge is -2.13. The number of aryl methyl sites for hydroxylation is 1. The highest BCUT2D eigenvalue weighted by molar-refractivity contribution is 5.83. The van der Waals surface area contributed by atoms with Gasteiger partial charge in [-0.2, -0.15) is 0 Å². The topological polar surface area (TPSA) is 12.9 Å². The van der Waals surface area contributed by atoms with Crippen molar-refractivity contribution in [1.82, 2.24) is 4.98 Å². The molecule has 0 spiro atoms. The summed E-state index contributed by atoms with van der Waals surface area (Å²) in [5, 5.41) is 0. The van der Waals surface area contributed by atoms with Gasteiger partial charge in [-0.25, -0.2) is 0 Å². The first-order valence-corrected chi connectivity index (χ1v) is 12.6. The smallest absolute Gasteiger partial charge is 0.0702 e. The maximum Gasteiger partial charge on any atom is 0.0702 e. The Balaban J connectivity index is 1.44. The van der Waals surface area contributed by atoms with Crippen LogP contribution in [0.4, 0.5) is 0 Å². The van der Waals surface area contributed by atoms with E-state index in [4.69, 9.17) is 0 Å². The maximum absolute atomic E-state index is 4.63. The van der Waals surface area contributed by atoms with Crippen molar-refractivity contribution in [3.8, 4) is 55.8 Å². The van der Waals surface area contributed by atoms with Crippen LogP contribution in [0, 0.1) is 6.92 Å². The van der Waals surface area contributed by atoms with Crippen molar-refractivity contribution in [3.05, 3.63) is 151 Å². The van der Waals surface area contributed by atoms with Crippen molar-refractivity contribution >= 4 is 0 Å². The van der Waals surface area contributed by atoms with Gasteiger partial charge in [0.1, 0.15) is 0 Å². The SMILES string of the molecule is Cc1ccc(-c2cccc(-c3cccc(-c4cc(-c5ccccc5)cc(-c5ccccc5)c4)c3)c2)nc1. The molecule has 6 rings (SSSR count). The molecule has 0 fully saturated rings. The summed E-state index contributed by atoms with van der Waals surface area (Å²) in [6, 6.07) is 49.8. The third-order valence-electron chi connectivity index (χ3n) is 6.75. The molecule has 0 atom stereocenters. The third kappa shape index (κ3) is 4.98. The molecular formula is C36H27N. The second kappa shape index (κ2) is 10.1. The predicted molar refractivity (Wildman–Crippen MR) is 156 cm³/mol. The minimum absolute atomic E-state index is 0.992. The van der Waals surface area contributed by atoms with Gasteiger partial charge < -0.3 is 0 Å². The molecule has 0 radical (unpaired) electrons. The van der Waals surface area contributed by atoms with Crippen molar-refractivity contribution in [2.45, 2.75) is 6.92 Å². The Hall–Kier alpha value is -4.75. The second-order valence-corrected chi connectivity index (χ2v) is 9.41. The zero-order valence-corrected chi connectivity index (χ0v) is 20.8. The van der Waals surface area contributed by atoms with Gasteiger partial charge in [-0.15, -0.1) is 0 Å². The molecule has 1 nitrogen and oxygen atoms in total. The van der Waals surface area contributed by atoms with Gasteiger partial charge in [0.05, 0.1) is 5.69 Å². The molecule has 1 heteroatoms. The van der Waals surface area contributed by atoms with E-state index < -0.39 is 0 Å². The summed E-state index contributed by atoms with van der Waals surface area (Å²) in [6.45, 7) is 2.06. The molecular weight excluding hydrogens is 446 g/mol. The Morgan fingerprint density at radius 1 is 0.351 bits per heavy atom. The average molecular weight is 474 g/mol. The first-order valence-electron chi connectivity index (χ1n) is 12.6. The molecule has 0 aliphatic heterocycles. The van der Waals surface area contributed by atoms with Gasteiger partial charge in [-0.3, -0.25) is 4.98 Å². The van der Waals surface area contributed by atoms with Gasteiger partial charge in [0, 0.05) is 11.8 Å². The lowest BCUT2D eigenvalue weighted by molar-refractivity contribution is 1.27. The minimum Gasteiger partial charge on any atom is -0.256 e. The molecule has 1 aromatic heterocycles. The number of hydrogen-bond donors (Lipinski definition) is 0. The molecule has 0 aliphatic carbocycles. The first-order chi connectivity index (χ1) is 18.2. The van der Waals surface area contributed by atoms with E-state index in [0.717, 1.165) is 11.3 Å². The minimum atomic E-state index is 0.992. The van der Waals surface area contributed by atoms with E-state index in [1.54, 1.807) is 0 Å². The number of benzene rings is 5. The van der Waals surface area contributed by atoms with Crippen LogP contribution in [-0.2, 0) is 0 Å². The van der Waals surface area contributed by atoms with Gasteiger partial charge in [0.15, 0.2) is 0 Å². The third-order valence-corrected chi connectivity index (χ3v) is 6.75. The fourth-order valence-electron chi connectivity index (χ4n) is 4.76. The summed E-state index contributed by atoms with van der Waals surface area (Å²) in [4.78, 5) is 4.63. The van der Waals surface area contributed by atoms with Crippen molar-refractivity contribution < 1.29 is 0 Å². The molecule has 0 amide bonds. The van der Waals surface area contributed by atoms with Crippen molar-refractivity contribution in [2.24, 2.45) is 0 Å². The fraction of sp³-hybridized carbons (Fsp3) is 0.0278. The van der Waals surface area contributed by atoms with Crippen LogP contribution in [-0.4, -0.2) is 4.98 Å². The monoisotopic (exact) mass is 473 g/mol. The van der Waals surface area contributed by atoms with E-state index in [-0.39, 0.29) is 0 Å². The van der Waals surface area contributed by atoms with Crippen LogP contribution in [0.1, 0.15) is 5.56 Å². The molecule has 0 unspecified atom stereocenters. The van der Waals surface area contributed by atoms with Gasteiger partial charge in [-0.05, 0) is 93.4 Å². The largest absolute Gasteiger partial charge is 0.256 e. The lowest BCUT2D eigenvalue weighted by Crippen LogP contribution is -1.88. The average Bonchev–Trinajstić information content (AvgIpc) is 2.98. The molecule has 0 bridgehead atoms. The number of rotatable bonds is 5. The number of nitrogens with zero attached hydrogens (tertiary/aromatic N) is 1. The molecule has 0 aliphatic rings. The fourth-order valence-corrected chi connectivity index (χ4v) is 4.76. The molecule has 1 heterocycles. The van der Waals surface area contributed by atoms with E-state index in [0.29, 0.717) is 0 Å². The number of aromatic nitrogens is 1. The molecule has 0 saturated carbocycles. The van der Waals surface area contributed by atoms with Crippen molar-refractivity contribution in [2.75, 3.05) is 0 Å².